The predicted molar refractivity (Wildman–Crippen MR) is 103 cm³/mol. The molecule has 3 rings (SSSR count). The molecule has 0 atom stereocenters. The van der Waals surface area contributed by atoms with Crippen molar-refractivity contribution in [1.82, 2.24) is 4.90 Å². The molecule has 0 aliphatic carbocycles. The van der Waals surface area contributed by atoms with Gasteiger partial charge < -0.3 is 10.2 Å². The molecule has 1 aliphatic rings. The molecule has 7 heteroatoms. The number of amides is 2. The van der Waals surface area contributed by atoms with Crippen LogP contribution in [0.25, 0.3) is 0 Å². The molecule has 1 N–H and O–H groups in total. The van der Waals surface area contributed by atoms with E-state index in [1.54, 1.807) is 17.0 Å². The van der Waals surface area contributed by atoms with Crippen LogP contribution in [0.2, 0.25) is 0 Å². The number of hydrogen-bond acceptors (Lipinski definition) is 4. The van der Waals surface area contributed by atoms with Gasteiger partial charge in [-0.25, -0.2) is 4.39 Å². The quantitative estimate of drug-likeness (QED) is 0.792. The summed E-state index contributed by atoms with van der Waals surface area (Å²) in [6, 6.07) is 7.01. The molecule has 2 amide bonds. The summed E-state index contributed by atoms with van der Waals surface area (Å²) in [7, 11) is 0. The molecule has 1 aliphatic heterocycles. The van der Waals surface area contributed by atoms with Gasteiger partial charge in [-0.3, -0.25) is 14.4 Å². The number of hydrogen-bond donors (Lipinski definition) is 1. The third kappa shape index (κ3) is 4.80. The minimum absolute atomic E-state index is 0.116. The summed E-state index contributed by atoms with van der Waals surface area (Å²) in [5.74, 6) is -1.36. The zero-order valence-corrected chi connectivity index (χ0v) is 15.9. The number of rotatable bonds is 4. The highest BCUT2D eigenvalue weighted by atomic mass is 32.1. The van der Waals surface area contributed by atoms with Gasteiger partial charge in [0.2, 0.25) is 0 Å². The zero-order valence-electron chi connectivity index (χ0n) is 15.1. The highest BCUT2D eigenvalue weighted by molar-refractivity contribution is 7.16. The van der Waals surface area contributed by atoms with E-state index < -0.39 is 11.7 Å². The maximum Gasteiger partial charge on any atom is 0.265 e. The van der Waals surface area contributed by atoms with Crippen LogP contribution in [0.3, 0.4) is 0 Å². The second kappa shape index (κ2) is 8.43. The van der Waals surface area contributed by atoms with Crippen molar-refractivity contribution in [2.75, 3.05) is 18.4 Å². The Morgan fingerprint density at radius 3 is 2.30 bits per heavy atom. The van der Waals surface area contributed by atoms with Crippen LogP contribution in [0.15, 0.2) is 30.3 Å². The van der Waals surface area contributed by atoms with E-state index >= 15 is 0 Å². The van der Waals surface area contributed by atoms with E-state index in [-0.39, 0.29) is 22.9 Å². The van der Waals surface area contributed by atoms with Crippen molar-refractivity contribution in [1.29, 1.82) is 0 Å². The molecule has 1 fully saturated rings. The fourth-order valence-electron chi connectivity index (χ4n) is 3.08. The second-order valence-electron chi connectivity index (χ2n) is 6.61. The Kier molecular flexibility index (Phi) is 6.01. The summed E-state index contributed by atoms with van der Waals surface area (Å²) in [6.45, 7) is 2.76. The molecule has 5 nitrogen and oxygen atoms in total. The van der Waals surface area contributed by atoms with Crippen LogP contribution < -0.4 is 5.32 Å². The van der Waals surface area contributed by atoms with Gasteiger partial charge >= 0.3 is 0 Å². The largest absolute Gasteiger partial charge is 0.339 e. The minimum Gasteiger partial charge on any atom is -0.339 e. The number of nitrogens with one attached hydrogen (secondary N) is 1. The van der Waals surface area contributed by atoms with Crippen LogP contribution in [-0.2, 0) is 0 Å². The van der Waals surface area contributed by atoms with Crippen molar-refractivity contribution >= 4 is 34.6 Å². The fourth-order valence-corrected chi connectivity index (χ4v) is 3.88. The third-order valence-corrected chi connectivity index (χ3v) is 5.66. The average Bonchev–Trinajstić information content (AvgIpc) is 2.97. The summed E-state index contributed by atoms with van der Waals surface area (Å²) in [4.78, 5) is 39.0. The van der Waals surface area contributed by atoms with Crippen molar-refractivity contribution in [3.8, 4) is 0 Å². The van der Waals surface area contributed by atoms with Crippen molar-refractivity contribution < 1.29 is 18.8 Å². The number of carbonyl (C=O) groups is 3. The van der Waals surface area contributed by atoms with Crippen LogP contribution in [-0.4, -0.2) is 35.6 Å². The standard InChI is InChI=1S/C20H21FN2O3S/c1-13(24)17-6-7-18(27-17)19(25)22-16-11-14(10-15(21)12-16)20(26)23-8-4-2-3-5-9-23/h6-7,10-12H,2-5,8-9H2,1H3,(H,22,25). The molecule has 27 heavy (non-hydrogen) atoms. The molecule has 1 saturated heterocycles. The Bertz CT molecular complexity index is 870. The summed E-state index contributed by atoms with van der Waals surface area (Å²) in [5.41, 5.74) is 0.443. The van der Waals surface area contributed by atoms with Gasteiger partial charge in [0.15, 0.2) is 5.78 Å². The first kappa shape index (κ1) is 19.2. The smallest absolute Gasteiger partial charge is 0.265 e. The number of benzene rings is 1. The predicted octanol–water partition coefficient (Wildman–Crippen LogP) is 4.36. The Labute approximate surface area is 161 Å². The molecule has 0 unspecified atom stereocenters. The Morgan fingerprint density at radius 1 is 1.00 bits per heavy atom. The van der Waals surface area contributed by atoms with Gasteiger partial charge in [-0.2, -0.15) is 0 Å². The number of carbonyl (C=O) groups excluding carboxylic acids is 3. The van der Waals surface area contributed by atoms with Gasteiger partial charge in [0.25, 0.3) is 11.8 Å². The van der Waals surface area contributed by atoms with E-state index in [2.05, 4.69) is 5.32 Å². The molecular formula is C20H21FN2O3S. The molecule has 0 spiro atoms. The summed E-state index contributed by atoms with van der Waals surface area (Å²) in [5, 5.41) is 2.61. The summed E-state index contributed by atoms with van der Waals surface area (Å²) in [6.07, 6.45) is 4.08. The van der Waals surface area contributed by atoms with E-state index in [9.17, 15) is 18.8 Å². The lowest BCUT2D eigenvalue weighted by atomic mass is 10.1. The Morgan fingerprint density at radius 2 is 1.67 bits per heavy atom. The second-order valence-corrected chi connectivity index (χ2v) is 7.69. The van der Waals surface area contributed by atoms with Crippen molar-refractivity contribution in [3.05, 3.63) is 51.5 Å². The summed E-state index contributed by atoms with van der Waals surface area (Å²) < 4.78 is 14.0. The highest BCUT2D eigenvalue weighted by Gasteiger charge is 2.19. The maximum atomic E-state index is 14.0. The number of halogens is 1. The van der Waals surface area contributed by atoms with Crippen LogP contribution in [0.5, 0.6) is 0 Å². The zero-order chi connectivity index (χ0) is 19.4. The van der Waals surface area contributed by atoms with Gasteiger partial charge in [0, 0.05) is 24.3 Å². The van der Waals surface area contributed by atoms with Crippen LogP contribution in [0, 0.1) is 5.82 Å². The lowest BCUT2D eigenvalue weighted by Gasteiger charge is -2.20. The number of ketones is 1. The van der Waals surface area contributed by atoms with E-state index in [1.165, 1.54) is 25.1 Å². The monoisotopic (exact) mass is 388 g/mol. The molecule has 2 aromatic rings. The molecule has 142 valence electrons. The highest BCUT2D eigenvalue weighted by Crippen LogP contribution is 2.21. The molecular weight excluding hydrogens is 367 g/mol. The molecule has 1 aromatic heterocycles. The van der Waals surface area contributed by atoms with Gasteiger partial charge in [0.1, 0.15) is 5.82 Å². The average molecular weight is 388 g/mol. The van der Waals surface area contributed by atoms with Crippen molar-refractivity contribution in [2.45, 2.75) is 32.6 Å². The van der Waals surface area contributed by atoms with Crippen molar-refractivity contribution in [2.24, 2.45) is 0 Å². The first-order chi connectivity index (χ1) is 12.9. The van der Waals surface area contributed by atoms with Crippen molar-refractivity contribution in [3.63, 3.8) is 0 Å². The Balaban J connectivity index is 1.77. The first-order valence-electron chi connectivity index (χ1n) is 8.96. The normalized spacial score (nSPS) is 14.5. The third-order valence-electron chi connectivity index (χ3n) is 4.47. The lowest BCUT2D eigenvalue weighted by molar-refractivity contribution is 0.0760. The number of thiophene rings is 1. The molecule has 2 heterocycles. The molecule has 0 radical (unpaired) electrons. The number of Topliss-reactive ketones (excluding diaryl/α,β-unsaturated/α-hetero) is 1. The van der Waals surface area contributed by atoms with Gasteiger partial charge in [-0.05, 0) is 50.1 Å². The van der Waals surface area contributed by atoms with Gasteiger partial charge in [-0.1, -0.05) is 12.8 Å². The number of anilines is 1. The topological polar surface area (TPSA) is 66.5 Å². The SMILES string of the molecule is CC(=O)c1ccc(C(=O)Nc2cc(F)cc(C(=O)N3CCCCCC3)c2)s1. The first-order valence-corrected chi connectivity index (χ1v) is 9.77. The Hall–Kier alpha value is -2.54. The maximum absolute atomic E-state index is 14.0. The number of nitrogens with zero attached hydrogens (tertiary/aromatic N) is 1. The molecule has 0 bridgehead atoms. The van der Waals surface area contributed by atoms with Gasteiger partial charge in [0.05, 0.1) is 9.75 Å². The molecule has 1 aromatic carbocycles. The van der Waals surface area contributed by atoms with E-state index in [0.717, 1.165) is 37.0 Å². The fraction of sp³-hybridized carbons (Fsp3) is 0.350. The van der Waals surface area contributed by atoms with Crippen LogP contribution in [0.4, 0.5) is 10.1 Å². The summed E-state index contributed by atoms with van der Waals surface area (Å²) >= 11 is 1.08. The number of likely N-dealkylation sites (tertiary alicyclic amines) is 1. The van der Waals surface area contributed by atoms with Crippen LogP contribution >= 0.6 is 11.3 Å². The van der Waals surface area contributed by atoms with Gasteiger partial charge in [-0.15, -0.1) is 11.3 Å². The van der Waals surface area contributed by atoms with E-state index in [1.807, 2.05) is 0 Å². The lowest BCUT2D eigenvalue weighted by Crippen LogP contribution is -2.32. The molecule has 0 saturated carbocycles. The van der Waals surface area contributed by atoms with E-state index in [4.69, 9.17) is 0 Å². The minimum atomic E-state index is -0.582. The van der Waals surface area contributed by atoms with Crippen LogP contribution in [0.1, 0.15) is 62.3 Å². The van der Waals surface area contributed by atoms with E-state index in [0.29, 0.717) is 22.8 Å².